The zero-order valence-electron chi connectivity index (χ0n) is 17.8. The van der Waals surface area contributed by atoms with Crippen LogP contribution in [0.25, 0.3) is 0 Å². The Kier molecular flexibility index (Phi) is 7.52. The molecule has 0 fully saturated rings. The van der Waals surface area contributed by atoms with E-state index in [9.17, 15) is 19.7 Å². The molecule has 8 nitrogen and oxygen atoms in total. The fourth-order valence-corrected chi connectivity index (χ4v) is 2.95. The molecule has 1 amide bonds. The third-order valence-corrected chi connectivity index (χ3v) is 4.90. The van der Waals surface area contributed by atoms with Gasteiger partial charge in [-0.3, -0.25) is 14.9 Å². The molecule has 2 rings (SSSR count). The quantitative estimate of drug-likeness (QED) is 0.392. The van der Waals surface area contributed by atoms with Gasteiger partial charge in [0.05, 0.1) is 10.5 Å². The highest BCUT2D eigenvalue weighted by Gasteiger charge is 2.23. The summed E-state index contributed by atoms with van der Waals surface area (Å²) in [5.74, 6) is -1.02. The maximum absolute atomic E-state index is 12.6. The molecule has 0 aliphatic carbocycles. The number of para-hydroxylation sites is 1. The topological polar surface area (TPSA) is 102 Å². The van der Waals surface area contributed by atoms with Gasteiger partial charge in [0.15, 0.2) is 6.10 Å². The van der Waals surface area contributed by atoms with Crippen LogP contribution in [-0.4, -0.2) is 37.0 Å². The van der Waals surface area contributed by atoms with Gasteiger partial charge in [0.2, 0.25) is 0 Å². The predicted molar refractivity (Wildman–Crippen MR) is 116 cm³/mol. The highest BCUT2D eigenvalue weighted by Crippen LogP contribution is 2.29. The van der Waals surface area contributed by atoms with Crippen molar-refractivity contribution in [1.29, 1.82) is 0 Å². The van der Waals surface area contributed by atoms with E-state index in [-0.39, 0.29) is 17.2 Å². The summed E-state index contributed by atoms with van der Waals surface area (Å²) in [4.78, 5) is 37.3. The first-order valence-corrected chi connectivity index (χ1v) is 9.72. The molecule has 0 saturated carbocycles. The number of nitrogens with one attached hydrogen (secondary N) is 1. The molecule has 160 valence electrons. The number of rotatable bonds is 8. The van der Waals surface area contributed by atoms with Gasteiger partial charge in [0, 0.05) is 25.8 Å². The van der Waals surface area contributed by atoms with Gasteiger partial charge in [0.1, 0.15) is 5.69 Å². The number of nitro groups is 1. The Morgan fingerprint density at radius 1 is 1.17 bits per heavy atom. The normalized spacial score (nSPS) is 12.6. The largest absolute Gasteiger partial charge is 0.449 e. The predicted octanol–water partition coefficient (Wildman–Crippen LogP) is 4.36. The van der Waals surface area contributed by atoms with Crippen LogP contribution in [0.1, 0.15) is 49.0 Å². The Morgan fingerprint density at radius 2 is 1.83 bits per heavy atom. The average Bonchev–Trinajstić information content (AvgIpc) is 2.72. The second-order valence-electron chi connectivity index (χ2n) is 7.29. The number of nitro benzene ring substituents is 1. The maximum Gasteiger partial charge on any atom is 0.339 e. The first kappa shape index (κ1) is 22.9. The molecule has 0 spiro atoms. The van der Waals surface area contributed by atoms with E-state index < -0.39 is 22.9 Å². The van der Waals surface area contributed by atoms with Crippen LogP contribution in [0.3, 0.4) is 0 Å². The van der Waals surface area contributed by atoms with E-state index in [1.54, 1.807) is 25.1 Å². The number of hydrogen-bond acceptors (Lipinski definition) is 6. The summed E-state index contributed by atoms with van der Waals surface area (Å²) in [5.41, 5.74) is 1.83. The zero-order chi connectivity index (χ0) is 22.4. The number of hydrogen-bond donors (Lipinski definition) is 1. The van der Waals surface area contributed by atoms with Crippen LogP contribution in [0.5, 0.6) is 0 Å². The van der Waals surface area contributed by atoms with Crippen LogP contribution in [-0.2, 0) is 9.53 Å². The molecular formula is C22H27N3O5. The zero-order valence-corrected chi connectivity index (χ0v) is 17.8. The fourth-order valence-electron chi connectivity index (χ4n) is 2.95. The van der Waals surface area contributed by atoms with Crippen LogP contribution in [0, 0.1) is 10.1 Å². The van der Waals surface area contributed by atoms with Gasteiger partial charge < -0.3 is 15.0 Å². The van der Waals surface area contributed by atoms with Crippen LogP contribution in [0.2, 0.25) is 0 Å². The van der Waals surface area contributed by atoms with Crippen LogP contribution >= 0.6 is 0 Å². The van der Waals surface area contributed by atoms with Crippen molar-refractivity contribution in [2.75, 3.05) is 24.3 Å². The van der Waals surface area contributed by atoms with Crippen LogP contribution < -0.4 is 10.2 Å². The molecule has 2 aromatic rings. The number of esters is 1. The molecule has 0 aromatic heterocycles. The smallest absolute Gasteiger partial charge is 0.339 e. The van der Waals surface area contributed by atoms with Crippen molar-refractivity contribution < 1.29 is 19.2 Å². The van der Waals surface area contributed by atoms with E-state index in [4.69, 9.17) is 4.74 Å². The maximum atomic E-state index is 12.6. The summed E-state index contributed by atoms with van der Waals surface area (Å²) in [6.45, 7) is 5.59. The Bertz CT molecular complexity index is 942. The minimum Gasteiger partial charge on any atom is -0.449 e. The van der Waals surface area contributed by atoms with E-state index in [0.29, 0.717) is 11.4 Å². The lowest BCUT2D eigenvalue weighted by Crippen LogP contribution is -2.30. The summed E-state index contributed by atoms with van der Waals surface area (Å²) in [6.07, 6.45) is -0.158. The number of carbonyl (C=O) groups excluding carboxylic acids is 2. The lowest BCUT2D eigenvalue weighted by Gasteiger charge is -2.18. The first-order chi connectivity index (χ1) is 14.1. The molecule has 1 N–H and O–H groups in total. The van der Waals surface area contributed by atoms with Crippen molar-refractivity contribution in [3.8, 4) is 0 Å². The minimum atomic E-state index is -1.07. The molecule has 0 saturated heterocycles. The Labute approximate surface area is 176 Å². The van der Waals surface area contributed by atoms with Crippen molar-refractivity contribution in [2.24, 2.45) is 0 Å². The Balaban J connectivity index is 2.14. The van der Waals surface area contributed by atoms with Crippen molar-refractivity contribution in [3.05, 3.63) is 63.7 Å². The second kappa shape index (κ2) is 9.87. The van der Waals surface area contributed by atoms with Crippen LogP contribution in [0.4, 0.5) is 17.1 Å². The molecule has 2 atom stereocenters. The van der Waals surface area contributed by atoms with Crippen molar-refractivity contribution in [3.63, 3.8) is 0 Å². The third kappa shape index (κ3) is 5.34. The number of ether oxygens (including phenoxy) is 1. The fraction of sp³-hybridized carbons (Fsp3) is 0.364. The monoisotopic (exact) mass is 413 g/mol. The number of anilines is 2. The molecule has 0 radical (unpaired) electrons. The first-order valence-electron chi connectivity index (χ1n) is 9.72. The van der Waals surface area contributed by atoms with Crippen molar-refractivity contribution >= 4 is 28.9 Å². The Hall–Kier alpha value is -3.42. The number of amides is 1. The van der Waals surface area contributed by atoms with Gasteiger partial charge in [0.25, 0.3) is 11.6 Å². The van der Waals surface area contributed by atoms with Gasteiger partial charge in [-0.1, -0.05) is 32.0 Å². The molecule has 8 heteroatoms. The van der Waals surface area contributed by atoms with Crippen LogP contribution in [0.15, 0.2) is 42.5 Å². The summed E-state index contributed by atoms with van der Waals surface area (Å²) >= 11 is 0. The highest BCUT2D eigenvalue weighted by molar-refractivity contribution is 5.98. The number of nitrogens with zero attached hydrogens (tertiary/aromatic N) is 2. The Morgan fingerprint density at radius 3 is 2.43 bits per heavy atom. The highest BCUT2D eigenvalue weighted by atomic mass is 16.6. The molecular weight excluding hydrogens is 386 g/mol. The summed E-state index contributed by atoms with van der Waals surface area (Å²) in [7, 11) is 3.34. The molecule has 0 bridgehead atoms. The molecule has 0 aliphatic rings. The molecule has 0 heterocycles. The van der Waals surface area contributed by atoms with E-state index in [0.717, 1.165) is 18.1 Å². The molecule has 0 unspecified atom stereocenters. The van der Waals surface area contributed by atoms with Gasteiger partial charge in [-0.05, 0) is 43.0 Å². The SMILES string of the molecule is CC[C@H](C)c1ccccc1NC(=O)[C@@H](C)OC(=O)c1ccc(N(C)C)c([N+](=O)[O-])c1. The van der Waals surface area contributed by atoms with Crippen molar-refractivity contribution in [2.45, 2.75) is 39.2 Å². The van der Waals surface area contributed by atoms with E-state index in [1.165, 1.54) is 19.1 Å². The standard InChI is InChI=1S/C22H27N3O5/c1-6-14(2)17-9-7-8-10-18(17)23-21(26)15(3)30-22(27)16-11-12-19(24(4)5)20(13-16)25(28)29/h7-15H,6H2,1-5H3,(H,23,26)/t14-,15+/m0/s1. The molecule has 0 aliphatic heterocycles. The molecule has 30 heavy (non-hydrogen) atoms. The minimum absolute atomic E-state index is 0.00644. The summed E-state index contributed by atoms with van der Waals surface area (Å²) in [6, 6.07) is 11.5. The number of benzene rings is 2. The number of carbonyl (C=O) groups is 2. The van der Waals surface area contributed by atoms with E-state index >= 15 is 0 Å². The van der Waals surface area contributed by atoms with Gasteiger partial charge in [-0.2, -0.15) is 0 Å². The van der Waals surface area contributed by atoms with Gasteiger partial charge >= 0.3 is 5.97 Å². The second-order valence-corrected chi connectivity index (χ2v) is 7.29. The van der Waals surface area contributed by atoms with E-state index in [2.05, 4.69) is 19.2 Å². The lowest BCUT2D eigenvalue weighted by atomic mass is 9.97. The van der Waals surface area contributed by atoms with Crippen molar-refractivity contribution in [1.82, 2.24) is 0 Å². The van der Waals surface area contributed by atoms with Gasteiger partial charge in [-0.15, -0.1) is 0 Å². The third-order valence-electron chi connectivity index (χ3n) is 4.90. The summed E-state index contributed by atoms with van der Waals surface area (Å²) < 4.78 is 5.25. The average molecular weight is 413 g/mol. The lowest BCUT2D eigenvalue weighted by molar-refractivity contribution is -0.384. The van der Waals surface area contributed by atoms with Gasteiger partial charge in [-0.25, -0.2) is 4.79 Å². The summed E-state index contributed by atoms with van der Waals surface area (Å²) in [5, 5.41) is 14.1. The molecule has 2 aromatic carbocycles. The van der Waals surface area contributed by atoms with E-state index in [1.807, 2.05) is 18.2 Å².